The lowest BCUT2D eigenvalue weighted by Gasteiger charge is -2.35. The van der Waals surface area contributed by atoms with Crippen molar-refractivity contribution in [1.29, 1.82) is 0 Å². The Morgan fingerprint density at radius 3 is 2.48 bits per heavy atom. The summed E-state index contributed by atoms with van der Waals surface area (Å²) < 4.78 is 0. The molecule has 1 aromatic rings. The van der Waals surface area contributed by atoms with Crippen LogP contribution < -0.4 is 10.2 Å². The zero-order valence-corrected chi connectivity index (χ0v) is 14.5. The lowest BCUT2D eigenvalue weighted by molar-refractivity contribution is 0.505. The minimum absolute atomic E-state index is 0.611. The molecule has 0 aliphatic heterocycles. The fourth-order valence-corrected chi connectivity index (χ4v) is 2.80. The van der Waals surface area contributed by atoms with E-state index < -0.39 is 0 Å². The average Bonchev–Trinajstić information content (AvgIpc) is 2.48. The van der Waals surface area contributed by atoms with Crippen molar-refractivity contribution >= 4 is 5.69 Å². The van der Waals surface area contributed by atoms with Crippen LogP contribution in [-0.4, -0.2) is 24.1 Å². The lowest BCUT2D eigenvalue weighted by atomic mass is 10.0. The normalized spacial score (nSPS) is 11.4. The lowest BCUT2D eigenvalue weighted by Crippen LogP contribution is -2.38. The number of nitrogens with one attached hydrogen (secondary N) is 1. The highest BCUT2D eigenvalue weighted by atomic mass is 15.2. The van der Waals surface area contributed by atoms with Gasteiger partial charge >= 0.3 is 0 Å². The summed E-state index contributed by atoms with van der Waals surface area (Å²) in [6, 6.07) is 2.80. The molecule has 0 saturated carbocycles. The SMILES string of the molecule is CCCNCc1cnccc1N(CC(C)C)C(CC)CC. The molecular weight excluding hydrogens is 258 g/mol. The molecule has 0 unspecified atom stereocenters. The molecule has 1 N–H and O–H groups in total. The van der Waals surface area contributed by atoms with Gasteiger partial charge in [-0.3, -0.25) is 4.98 Å². The van der Waals surface area contributed by atoms with Crippen LogP contribution in [0.15, 0.2) is 18.5 Å². The first-order valence-electron chi connectivity index (χ1n) is 8.54. The maximum Gasteiger partial charge on any atom is 0.0445 e. The quantitative estimate of drug-likeness (QED) is 0.654. The summed E-state index contributed by atoms with van der Waals surface area (Å²) in [7, 11) is 0. The Kier molecular flexibility index (Phi) is 8.36. The van der Waals surface area contributed by atoms with Crippen LogP contribution in [0.5, 0.6) is 0 Å². The molecule has 120 valence electrons. The van der Waals surface area contributed by atoms with Gasteiger partial charge in [0, 0.05) is 42.8 Å². The van der Waals surface area contributed by atoms with Crippen LogP contribution in [0.3, 0.4) is 0 Å². The van der Waals surface area contributed by atoms with Crippen LogP contribution in [0.25, 0.3) is 0 Å². The molecule has 0 spiro atoms. The third-order valence-corrected chi connectivity index (χ3v) is 3.87. The van der Waals surface area contributed by atoms with Gasteiger partial charge < -0.3 is 10.2 Å². The highest BCUT2D eigenvalue weighted by Gasteiger charge is 2.19. The van der Waals surface area contributed by atoms with Crippen molar-refractivity contribution in [1.82, 2.24) is 10.3 Å². The van der Waals surface area contributed by atoms with E-state index in [1.165, 1.54) is 24.1 Å². The van der Waals surface area contributed by atoms with Crippen molar-refractivity contribution < 1.29 is 0 Å². The third-order valence-electron chi connectivity index (χ3n) is 3.87. The second-order valence-corrected chi connectivity index (χ2v) is 6.20. The van der Waals surface area contributed by atoms with Crippen LogP contribution in [0.1, 0.15) is 59.4 Å². The molecule has 0 radical (unpaired) electrons. The molecule has 3 nitrogen and oxygen atoms in total. The monoisotopic (exact) mass is 291 g/mol. The highest BCUT2D eigenvalue weighted by molar-refractivity contribution is 5.53. The van der Waals surface area contributed by atoms with Crippen molar-refractivity contribution in [3.63, 3.8) is 0 Å². The van der Waals surface area contributed by atoms with E-state index in [-0.39, 0.29) is 0 Å². The van der Waals surface area contributed by atoms with E-state index in [4.69, 9.17) is 0 Å². The van der Waals surface area contributed by atoms with E-state index in [1.807, 2.05) is 12.4 Å². The van der Waals surface area contributed by atoms with E-state index in [2.05, 4.69) is 55.9 Å². The number of rotatable bonds is 10. The maximum absolute atomic E-state index is 4.33. The van der Waals surface area contributed by atoms with Gasteiger partial charge in [0.25, 0.3) is 0 Å². The Morgan fingerprint density at radius 2 is 1.90 bits per heavy atom. The molecule has 0 aromatic carbocycles. The Bertz CT molecular complexity index is 386. The first-order valence-corrected chi connectivity index (χ1v) is 8.54. The van der Waals surface area contributed by atoms with E-state index in [0.717, 1.165) is 26.1 Å². The second kappa shape index (κ2) is 9.78. The van der Waals surface area contributed by atoms with Crippen molar-refractivity contribution in [3.05, 3.63) is 24.0 Å². The van der Waals surface area contributed by atoms with Crippen LogP contribution in [0.4, 0.5) is 5.69 Å². The zero-order chi connectivity index (χ0) is 15.7. The molecular formula is C18H33N3. The van der Waals surface area contributed by atoms with Crippen LogP contribution in [0, 0.1) is 5.92 Å². The smallest absolute Gasteiger partial charge is 0.0445 e. The molecule has 0 aliphatic carbocycles. The Hall–Kier alpha value is -1.09. The van der Waals surface area contributed by atoms with Crippen molar-refractivity contribution in [2.45, 2.75) is 66.5 Å². The third kappa shape index (κ3) is 5.66. The second-order valence-electron chi connectivity index (χ2n) is 6.20. The van der Waals surface area contributed by atoms with Crippen LogP contribution in [-0.2, 0) is 6.54 Å². The number of hydrogen-bond donors (Lipinski definition) is 1. The molecule has 0 atom stereocenters. The largest absolute Gasteiger partial charge is 0.368 e. The van der Waals surface area contributed by atoms with Crippen molar-refractivity contribution in [3.8, 4) is 0 Å². The number of aromatic nitrogens is 1. The molecule has 0 aliphatic rings. The molecule has 21 heavy (non-hydrogen) atoms. The standard InChI is InChI=1S/C18H33N3/c1-6-10-19-12-16-13-20-11-9-18(16)21(14-15(4)5)17(7-2)8-3/h9,11,13,15,17,19H,6-8,10,12,14H2,1-5H3. The zero-order valence-electron chi connectivity index (χ0n) is 14.5. The van der Waals surface area contributed by atoms with Gasteiger partial charge in [-0.15, -0.1) is 0 Å². The van der Waals surface area contributed by atoms with Gasteiger partial charge in [-0.05, 0) is 37.8 Å². The van der Waals surface area contributed by atoms with Crippen LogP contribution >= 0.6 is 0 Å². The van der Waals surface area contributed by atoms with E-state index >= 15 is 0 Å². The first-order chi connectivity index (χ1) is 10.1. The number of anilines is 1. The van der Waals surface area contributed by atoms with E-state index in [0.29, 0.717) is 12.0 Å². The summed E-state index contributed by atoms with van der Waals surface area (Å²) in [5, 5.41) is 3.51. The predicted octanol–water partition coefficient (Wildman–Crippen LogP) is 4.23. The Labute approximate surface area is 131 Å². The fraction of sp³-hybridized carbons (Fsp3) is 0.722. The fourth-order valence-electron chi connectivity index (χ4n) is 2.80. The highest BCUT2D eigenvalue weighted by Crippen LogP contribution is 2.25. The molecule has 1 heterocycles. The summed E-state index contributed by atoms with van der Waals surface area (Å²) >= 11 is 0. The van der Waals surface area contributed by atoms with Gasteiger partial charge in [0.1, 0.15) is 0 Å². The van der Waals surface area contributed by atoms with Gasteiger partial charge in [-0.1, -0.05) is 34.6 Å². The van der Waals surface area contributed by atoms with Gasteiger partial charge in [-0.2, -0.15) is 0 Å². The van der Waals surface area contributed by atoms with Crippen molar-refractivity contribution in [2.75, 3.05) is 18.0 Å². The molecule has 0 bridgehead atoms. The predicted molar refractivity (Wildman–Crippen MR) is 92.8 cm³/mol. The molecule has 0 fully saturated rings. The van der Waals surface area contributed by atoms with E-state index in [1.54, 1.807) is 0 Å². The Morgan fingerprint density at radius 1 is 1.19 bits per heavy atom. The molecule has 0 amide bonds. The maximum atomic E-state index is 4.33. The van der Waals surface area contributed by atoms with Gasteiger partial charge in [-0.25, -0.2) is 0 Å². The van der Waals surface area contributed by atoms with E-state index in [9.17, 15) is 0 Å². The summed E-state index contributed by atoms with van der Waals surface area (Å²) in [5.41, 5.74) is 2.68. The van der Waals surface area contributed by atoms with Gasteiger partial charge in [0.05, 0.1) is 0 Å². The molecule has 1 aromatic heterocycles. The summed E-state index contributed by atoms with van der Waals surface area (Å²) in [6.07, 6.45) is 7.49. The first kappa shape index (κ1) is 18.0. The number of hydrogen-bond acceptors (Lipinski definition) is 3. The molecule has 0 saturated heterocycles. The number of pyridine rings is 1. The summed E-state index contributed by atoms with van der Waals surface area (Å²) in [5.74, 6) is 0.662. The number of nitrogens with zero attached hydrogens (tertiary/aromatic N) is 2. The minimum Gasteiger partial charge on any atom is -0.368 e. The van der Waals surface area contributed by atoms with Crippen LogP contribution in [0.2, 0.25) is 0 Å². The molecule has 3 heteroatoms. The molecule has 1 rings (SSSR count). The topological polar surface area (TPSA) is 28.2 Å². The summed E-state index contributed by atoms with van der Waals surface area (Å²) in [6.45, 7) is 14.4. The Balaban J connectivity index is 2.99. The summed E-state index contributed by atoms with van der Waals surface area (Å²) in [4.78, 5) is 6.92. The minimum atomic E-state index is 0.611. The van der Waals surface area contributed by atoms with Gasteiger partial charge in [0.2, 0.25) is 0 Å². The average molecular weight is 291 g/mol. The van der Waals surface area contributed by atoms with Crippen molar-refractivity contribution in [2.24, 2.45) is 5.92 Å². The van der Waals surface area contributed by atoms with Gasteiger partial charge in [0.15, 0.2) is 0 Å².